The summed E-state index contributed by atoms with van der Waals surface area (Å²) in [7, 11) is 0. The van der Waals surface area contributed by atoms with Crippen LogP contribution in [0.3, 0.4) is 0 Å². The number of hydrogen-bond donors (Lipinski definition) is 0. The van der Waals surface area contributed by atoms with Crippen LogP contribution in [0.25, 0.3) is 43.4 Å². The molecule has 0 unspecified atom stereocenters. The Morgan fingerprint density at radius 1 is 0.299 bits per heavy atom. The summed E-state index contributed by atoms with van der Waals surface area (Å²) in [5, 5.41) is 7.90. The Kier molecular flexibility index (Phi) is 11.1. The highest BCUT2D eigenvalue weighted by Crippen LogP contribution is 2.50. The van der Waals surface area contributed by atoms with E-state index in [9.17, 15) is 0 Å². The first-order chi connectivity index (χ1) is 31.7. The molecule has 0 nitrogen and oxygen atoms in total. The second kappa shape index (κ2) is 16.5. The molecule has 0 bridgehead atoms. The second-order valence-corrected chi connectivity index (χ2v) is 24.5. The van der Waals surface area contributed by atoms with E-state index < -0.39 is 0 Å². The summed E-state index contributed by atoms with van der Waals surface area (Å²) in [6.45, 7) is 27.7. The Labute approximate surface area is 405 Å². The zero-order valence-corrected chi connectivity index (χ0v) is 42.5. The molecule has 0 saturated heterocycles. The zero-order valence-electron chi connectivity index (χ0n) is 41.7. The van der Waals surface area contributed by atoms with Crippen LogP contribution < -0.4 is 32.8 Å². The number of hydrogen-bond acceptors (Lipinski definition) is 1. The van der Waals surface area contributed by atoms with E-state index in [2.05, 4.69) is 253 Å². The topological polar surface area (TPSA) is 0 Å². The van der Waals surface area contributed by atoms with Crippen molar-refractivity contribution in [2.75, 3.05) is 0 Å². The first kappa shape index (κ1) is 45.0. The van der Waals surface area contributed by atoms with Crippen molar-refractivity contribution >= 4 is 90.3 Å². The average Bonchev–Trinajstić information content (AvgIpc) is 3.29. The fourth-order valence-corrected chi connectivity index (χ4v) is 11.8. The average molecular weight is 887 g/mol. The molecule has 0 atom stereocenters. The van der Waals surface area contributed by atoms with Gasteiger partial charge >= 0.3 is 0 Å². The van der Waals surface area contributed by atoms with E-state index in [1.54, 1.807) is 0 Å². The Hall–Kier alpha value is -5.76. The van der Waals surface area contributed by atoms with E-state index in [1.165, 1.54) is 108 Å². The maximum Gasteiger partial charge on any atom is 0.242 e. The molecule has 9 aromatic rings. The predicted octanol–water partition coefficient (Wildman–Crippen LogP) is 13.5. The van der Waals surface area contributed by atoms with Gasteiger partial charge < -0.3 is 0 Å². The minimum absolute atomic E-state index is 0.0546. The Morgan fingerprint density at radius 2 is 0.701 bits per heavy atom. The van der Waals surface area contributed by atoms with Gasteiger partial charge in [0.2, 0.25) is 13.4 Å². The first-order valence-electron chi connectivity index (χ1n) is 24.4. The van der Waals surface area contributed by atoms with Crippen molar-refractivity contribution in [3.63, 3.8) is 0 Å². The Balaban J connectivity index is 1.15. The molecule has 9 aromatic carbocycles. The van der Waals surface area contributed by atoms with Crippen LogP contribution in [0.4, 0.5) is 0 Å². The van der Waals surface area contributed by atoms with E-state index >= 15 is 0 Å². The maximum absolute atomic E-state index is 2.55. The molecule has 0 saturated carbocycles. The number of fused-ring (bicyclic) bond motifs is 6. The normalized spacial score (nSPS) is 13.0. The molecule has 1 heterocycles. The molecule has 0 spiro atoms. The van der Waals surface area contributed by atoms with E-state index in [-0.39, 0.29) is 35.1 Å². The molecule has 0 radical (unpaired) electrons. The highest BCUT2D eigenvalue weighted by Gasteiger charge is 2.30. The summed E-state index contributed by atoms with van der Waals surface area (Å²) >= 11 is 1.93. The van der Waals surface area contributed by atoms with Gasteiger partial charge in [0, 0.05) is 15.2 Å². The van der Waals surface area contributed by atoms with Crippen molar-refractivity contribution in [2.45, 2.75) is 115 Å². The van der Waals surface area contributed by atoms with Gasteiger partial charge in [0.05, 0.1) is 0 Å². The largest absolute Gasteiger partial charge is 0.242 e. The summed E-state index contributed by atoms with van der Waals surface area (Å²) in [5.74, 6) is 0. The van der Waals surface area contributed by atoms with Crippen LogP contribution in [-0.2, 0) is 21.7 Å². The van der Waals surface area contributed by atoms with Gasteiger partial charge in [0.25, 0.3) is 0 Å². The van der Waals surface area contributed by atoms with Gasteiger partial charge in [-0.15, -0.1) is 0 Å². The van der Waals surface area contributed by atoms with Crippen LogP contribution in [-0.4, -0.2) is 13.4 Å². The molecule has 0 amide bonds. The number of benzene rings is 9. The summed E-state index contributed by atoms with van der Waals surface area (Å²) < 4.78 is 0. The molecular weight excluding hydrogens is 822 g/mol. The zero-order chi connectivity index (χ0) is 47.2. The lowest BCUT2D eigenvalue weighted by Crippen LogP contribution is -2.52. The molecule has 3 heteroatoms. The summed E-state index contributed by atoms with van der Waals surface area (Å²) in [6.07, 6.45) is 0. The van der Waals surface area contributed by atoms with E-state index in [0.29, 0.717) is 0 Å². The molecule has 0 N–H and O–H groups in total. The van der Waals surface area contributed by atoms with Crippen LogP contribution in [0.1, 0.15) is 105 Å². The van der Waals surface area contributed by atoms with E-state index in [0.717, 1.165) is 0 Å². The predicted molar refractivity (Wildman–Crippen MR) is 298 cm³/mol. The van der Waals surface area contributed by atoms with Gasteiger partial charge in [-0.25, -0.2) is 0 Å². The van der Waals surface area contributed by atoms with Crippen molar-refractivity contribution in [3.05, 3.63) is 192 Å². The van der Waals surface area contributed by atoms with Gasteiger partial charge in [-0.05, 0) is 94.1 Å². The fraction of sp³-hybridized carbons (Fsp3) is 0.250. The van der Waals surface area contributed by atoms with Crippen molar-refractivity contribution in [2.24, 2.45) is 0 Å². The third-order valence-electron chi connectivity index (χ3n) is 14.6. The van der Waals surface area contributed by atoms with Gasteiger partial charge in [0.1, 0.15) is 0 Å². The molecule has 0 aromatic heterocycles. The quantitative estimate of drug-likeness (QED) is 0.118. The third-order valence-corrected chi connectivity index (χ3v) is 15.7. The lowest BCUT2D eigenvalue weighted by Gasteiger charge is -2.26. The highest BCUT2D eigenvalue weighted by molar-refractivity contribution is 7.99. The smallest absolute Gasteiger partial charge is 0.0888 e. The summed E-state index contributed by atoms with van der Waals surface area (Å²) in [6, 6.07) is 66.3. The summed E-state index contributed by atoms with van der Waals surface area (Å²) in [5.41, 5.74) is 16.3. The van der Waals surface area contributed by atoms with Crippen LogP contribution in [0.5, 0.6) is 0 Å². The molecular formula is C64H64B2S. The van der Waals surface area contributed by atoms with Crippen molar-refractivity contribution < 1.29 is 0 Å². The monoisotopic (exact) mass is 886 g/mol. The van der Waals surface area contributed by atoms with Crippen LogP contribution in [0, 0.1) is 0 Å². The third kappa shape index (κ3) is 8.37. The van der Waals surface area contributed by atoms with Crippen LogP contribution in [0.2, 0.25) is 0 Å². The van der Waals surface area contributed by atoms with Crippen molar-refractivity contribution in [1.29, 1.82) is 0 Å². The van der Waals surface area contributed by atoms with Crippen molar-refractivity contribution in [1.82, 2.24) is 0 Å². The summed E-state index contributed by atoms with van der Waals surface area (Å²) in [4.78, 5) is 2.64. The lowest BCUT2D eigenvalue weighted by atomic mass is 9.36. The second-order valence-electron chi connectivity index (χ2n) is 23.4. The van der Waals surface area contributed by atoms with Gasteiger partial charge in [-0.1, -0.05) is 285 Å². The SMILES string of the molecule is CC(C)(C)c1ccc(B(c2ccc(C(C)(C)C)cc2)c2ccc3c(c2)Sc2cccc4c2c-3cc2c3ccccc3c(B(c3ccc(C(C)(C)C)cc3)c3ccc(C(C)(C)C)cc3)cc42)cc1. The number of rotatable bonds is 6. The van der Waals surface area contributed by atoms with Gasteiger partial charge in [-0.3, -0.25) is 0 Å². The van der Waals surface area contributed by atoms with Gasteiger partial charge in [-0.2, -0.15) is 0 Å². The fourth-order valence-electron chi connectivity index (χ4n) is 10.6. The minimum Gasteiger partial charge on any atom is -0.0888 e. The molecule has 0 aliphatic carbocycles. The maximum atomic E-state index is 2.55. The standard InChI is InChI=1S/C64H64B2S/c1-61(2,3)41-20-28-45(29-21-41)65(46-30-22-42(23-31-46)62(4,5)6)49-36-37-52-56-39-54-50-16-13-14-17-51(50)57(40-55(54)53-18-15-19-58(60(53)56)67-59(52)38-49)66(47-32-24-43(25-33-47)63(7,8)9)48-34-26-44(27-35-48)64(10,11)12/h13-40H,1-12H3. The van der Waals surface area contributed by atoms with Crippen molar-refractivity contribution in [3.8, 4) is 11.1 Å². The van der Waals surface area contributed by atoms with E-state index in [4.69, 9.17) is 0 Å². The molecule has 1 aliphatic rings. The van der Waals surface area contributed by atoms with E-state index in [1.807, 2.05) is 11.8 Å². The molecule has 10 rings (SSSR count). The Morgan fingerprint density at radius 3 is 1.16 bits per heavy atom. The lowest BCUT2D eigenvalue weighted by molar-refractivity contribution is 0.590. The van der Waals surface area contributed by atoms with Gasteiger partial charge in [0.15, 0.2) is 0 Å². The minimum atomic E-state index is 0.0546. The Bertz CT molecular complexity index is 3200. The van der Waals surface area contributed by atoms with Crippen LogP contribution >= 0.6 is 11.8 Å². The molecule has 332 valence electrons. The molecule has 67 heavy (non-hydrogen) atoms. The molecule has 1 aliphatic heterocycles. The highest BCUT2D eigenvalue weighted by atomic mass is 32.2. The van der Waals surface area contributed by atoms with Crippen LogP contribution in [0.15, 0.2) is 180 Å². The molecule has 0 fully saturated rings. The first-order valence-corrected chi connectivity index (χ1v) is 25.2.